The summed E-state index contributed by atoms with van der Waals surface area (Å²) in [6.45, 7) is 1.26. The summed E-state index contributed by atoms with van der Waals surface area (Å²) in [4.78, 5) is -0.616. The highest BCUT2D eigenvalue weighted by Crippen LogP contribution is 2.31. The number of ether oxygens (including phenoxy) is 1. The van der Waals surface area contributed by atoms with Gasteiger partial charge in [0, 0.05) is 23.1 Å². The number of hydrogen-bond donors (Lipinski definition) is 1. The maximum atomic E-state index is 13.9. The average Bonchev–Trinajstić information content (AvgIpc) is 2.37. The molecule has 1 heterocycles. The lowest BCUT2D eigenvalue weighted by Gasteiger charge is -2.36. The van der Waals surface area contributed by atoms with Gasteiger partial charge in [-0.25, -0.2) is 17.2 Å². The number of sulfonamides is 1. The van der Waals surface area contributed by atoms with Crippen molar-refractivity contribution in [2.75, 3.05) is 19.8 Å². The van der Waals surface area contributed by atoms with Crippen molar-refractivity contribution in [1.82, 2.24) is 4.31 Å². The standard InChI is InChI=1S/C12H14BrF2NO4S/c1-7-6-20-9(5-17)4-16(7)21(18,19)12-10(13)2-8(14)3-11(12)15/h2-3,7,9,17H,4-6H2,1H3. The molecule has 2 unspecified atom stereocenters. The molecule has 1 saturated heterocycles. The number of morpholine rings is 1. The molecule has 1 aliphatic heterocycles. The van der Waals surface area contributed by atoms with E-state index < -0.39 is 38.7 Å². The smallest absolute Gasteiger partial charge is 0.247 e. The van der Waals surface area contributed by atoms with E-state index in [4.69, 9.17) is 9.84 Å². The highest BCUT2D eigenvalue weighted by molar-refractivity contribution is 9.10. The first-order valence-corrected chi connectivity index (χ1v) is 8.39. The van der Waals surface area contributed by atoms with E-state index in [2.05, 4.69) is 15.9 Å². The fourth-order valence-electron chi connectivity index (χ4n) is 2.13. The van der Waals surface area contributed by atoms with Gasteiger partial charge in [0.15, 0.2) is 0 Å². The van der Waals surface area contributed by atoms with Crippen molar-refractivity contribution in [3.8, 4) is 0 Å². The summed E-state index contributed by atoms with van der Waals surface area (Å²) < 4.78 is 58.4. The molecule has 1 aromatic rings. The van der Waals surface area contributed by atoms with Crippen molar-refractivity contribution < 1.29 is 27.0 Å². The maximum Gasteiger partial charge on any atom is 0.247 e. The van der Waals surface area contributed by atoms with Gasteiger partial charge >= 0.3 is 0 Å². The van der Waals surface area contributed by atoms with Crippen LogP contribution in [0.25, 0.3) is 0 Å². The Hall–Kier alpha value is -0.610. The summed E-state index contributed by atoms with van der Waals surface area (Å²) >= 11 is 2.89. The third-order valence-corrected chi connectivity index (χ3v) is 6.13. The second-order valence-electron chi connectivity index (χ2n) is 4.76. The summed E-state index contributed by atoms with van der Waals surface area (Å²) in [5.41, 5.74) is 0. The number of benzene rings is 1. The zero-order chi connectivity index (χ0) is 15.8. The fourth-order valence-corrected chi connectivity index (χ4v) is 4.89. The second-order valence-corrected chi connectivity index (χ2v) is 7.44. The number of rotatable bonds is 3. The van der Waals surface area contributed by atoms with E-state index in [1.54, 1.807) is 6.92 Å². The molecule has 2 atom stereocenters. The molecule has 1 fully saturated rings. The number of halogens is 3. The van der Waals surface area contributed by atoms with Crippen LogP contribution < -0.4 is 0 Å². The van der Waals surface area contributed by atoms with E-state index in [0.717, 1.165) is 10.4 Å². The van der Waals surface area contributed by atoms with Crippen LogP contribution >= 0.6 is 15.9 Å². The lowest BCUT2D eigenvalue weighted by atomic mass is 10.2. The van der Waals surface area contributed by atoms with Crippen LogP contribution in [0, 0.1) is 11.6 Å². The molecule has 9 heteroatoms. The number of aliphatic hydroxyl groups excluding tert-OH is 1. The predicted octanol–water partition coefficient (Wildman–Crippen LogP) is 1.50. The van der Waals surface area contributed by atoms with Crippen LogP contribution in [0.5, 0.6) is 0 Å². The Morgan fingerprint density at radius 1 is 1.48 bits per heavy atom. The molecule has 2 rings (SSSR count). The van der Waals surface area contributed by atoms with Crippen molar-refractivity contribution in [3.63, 3.8) is 0 Å². The van der Waals surface area contributed by atoms with Gasteiger partial charge in [0.2, 0.25) is 10.0 Å². The third kappa shape index (κ3) is 3.26. The molecular formula is C12H14BrF2NO4S. The summed E-state index contributed by atoms with van der Waals surface area (Å²) in [7, 11) is -4.18. The minimum atomic E-state index is -4.18. The number of aliphatic hydroxyl groups is 1. The van der Waals surface area contributed by atoms with Gasteiger partial charge in [0.1, 0.15) is 16.5 Å². The summed E-state index contributed by atoms with van der Waals surface area (Å²) in [5, 5.41) is 9.10. The molecular weight excluding hydrogens is 372 g/mol. The van der Waals surface area contributed by atoms with Crippen LogP contribution in [-0.4, -0.2) is 49.7 Å². The Morgan fingerprint density at radius 2 is 2.14 bits per heavy atom. The predicted molar refractivity (Wildman–Crippen MR) is 74.2 cm³/mol. The van der Waals surface area contributed by atoms with Gasteiger partial charge in [-0.3, -0.25) is 0 Å². The van der Waals surface area contributed by atoms with E-state index in [-0.39, 0.29) is 24.2 Å². The normalized spacial score (nSPS) is 24.2. The Kier molecular flexibility index (Phi) is 4.99. The lowest BCUT2D eigenvalue weighted by molar-refractivity contribution is -0.0516. The molecule has 0 aliphatic carbocycles. The summed E-state index contributed by atoms with van der Waals surface area (Å²) in [6.07, 6.45) is -0.668. The largest absolute Gasteiger partial charge is 0.394 e. The Bertz CT molecular complexity index is 617. The average molecular weight is 386 g/mol. The topological polar surface area (TPSA) is 66.8 Å². The Morgan fingerprint density at radius 3 is 2.71 bits per heavy atom. The highest BCUT2D eigenvalue weighted by atomic mass is 79.9. The molecule has 0 spiro atoms. The summed E-state index contributed by atoms with van der Waals surface area (Å²) in [6, 6.07) is 0.894. The molecule has 0 aromatic heterocycles. The van der Waals surface area contributed by atoms with E-state index >= 15 is 0 Å². The number of nitrogens with zero attached hydrogens (tertiary/aromatic N) is 1. The van der Waals surface area contributed by atoms with Crippen LogP contribution in [0.2, 0.25) is 0 Å². The first-order valence-electron chi connectivity index (χ1n) is 6.16. The first-order chi connectivity index (χ1) is 9.77. The molecule has 21 heavy (non-hydrogen) atoms. The van der Waals surface area contributed by atoms with E-state index in [9.17, 15) is 17.2 Å². The quantitative estimate of drug-likeness (QED) is 0.855. The second kappa shape index (κ2) is 6.25. The van der Waals surface area contributed by atoms with Crippen LogP contribution in [0.4, 0.5) is 8.78 Å². The molecule has 0 radical (unpaired) electrons. The molecule has 5 nitrogen and oxygen atoms in total. The molecule has 118 valence electrons. The van der Waals surface area contributed by atoms with E-state index in [0.29, 0.717) is 6.07 Å². The van der Waals surface area contributed by atoms with Crippen molar-refractivity contribution in [3.05, 3.63) is 28.2 Å². The molecule has 0 amide bonds. The molecule has 1 aromatic carbocycles. The minimum Gasteiger partial charge on any atom is -0.394 e. The maximum absolute atomic E-state index is 13.9. The van der Waals surface area contributed by atoms with E-state index in [1.165, 1.54) is 0 Å². The minimum absolute atomic E-state index is 0.0882. The van der Waals surface area contributed by atoms with Crippen molar-refractivity contribution >= 4 is 26.0 Å². The summed E-state index contributed by atoms with van der Waals surface area (Å²) in [5.74, 6) is -2.04. The SMILES string of the molecule is CC1COC(CO)CN1S(=O)(=O)c1c(F)cc(F)cc1Br. The van der Waals surface area contributed by atoms with Crippen molar-refractivity contribution in [2.45, 2.75) is 24.0 Å². The van der Waals surface area contributed by atoms with Gasteiger partial charge in [-0.1, -0.05) is 0 Å². The van der Waals surface area contributed by atoms with Gasteiger partial charge in [-0.15, -0.1) is 0 Å². The Balaban J connectivity index is 2.46. The van der Waals surface area contributed by atoms with Crippen LogP contribution in [-0.2, 0) is 14.8 Å². The van der Waals surface area contributed by atoms with E-state index in [1.807, 2.05) is 0 Å². The van der Waals surface area contributed by atoms with Gasteiger partial charge < -0.3 is 9.84 Å². The molecule has 1 N–H and O–H groups in total. The van der Waals surface area contributed by atoms with Gasteiger partial charge in [0.05, 0.1) is 19.3 Å². The molecule has 0 saturated carbocycles. The van der Waals surface area contributed by atoms with Crippen molar-refractivity contribution in [1.29, 1.82) is 0 Å². The first kappa shape index (κ1) is 16.8. The lowest BCUT2D eigenvalue weighted by Crippen LogP contribution is -2.52. The van der Waals surface area contributed by atoms with Crippen LogP contribution in [0.15, 0.2) is 21.5 Å². The Labute approximate surface area is 129 Å². The third-order valence-electron chi connectivity index (χ3n) is 3.18. The molecule has 1 aliphatic rings. The molecule has 0 bridgehead atoms. The van der Waals surface area contributed by atoms with Crippen LogP contribution in [0.3, 0.4) is 0 Å². The zero-order valence-electron chi connectivity index (χ0n) is 11.1. The fraction of sp³-hybridized carbons (Fsp3) is 0.500. The highest BCUT2D eigenvalue weighted by Gasteiger charge is 2.38. The van der Waals surface area contributed by atoms with Gasteiger partial charge in [0.25, 0.3) is 0 Å². The monoisotopic (exact) mass is 385 g/mol. The van der Waals surface area contributed by atoms with Crippen LogP contribution in [0.1, 0.15) is 6.92 Å². The van der Waals surface area contributed by atoms with Gasteiger partial charge in [-0.05, 0) is 28.9 Å². The zero-order valence-corrected chi connectivity index (χ0v) is 13.5. The number of hydrogen-bond acceptors (Lipinski definition) is 4. The van der Waals surface area contributed by atoms with Gasteiger partial charge in [-0.2, -0.15) is 4.31 Å². The van der Waals surface area contributed by atoms with Crippen molar-refractivity contribution in [2.24, 2.45) is 0 Å².